The fraction of sp³-hybridized carbons (Fsp3) is 0.579. The third-order valence-corrected chi connectivity index (χ3v) is 6.06. The van der Waals surface area contributed by atoms with E-state index in [-0.39, 0.29) is 12.5 Å². The number of nitrogens with zero attached hydrogens (tertiary/aromatic N) is 3. The van der Waals surface area contributed by atoms with Gasteiger partial charge in [0.25, 0.3) is 5.91 Å². The van der Waals surface area contributed by atoms with E-state index in [0.717, 1.165) is 53.4 Å². The van der Waals surface area contributed by atoms with E-state index >= 15 is 0 Å². The molecule has 3 rings (SSSR count). The van der Waals surface area contributed by atoms with Crippen LogP contribution in [0.2, 0.25) is 0 Å². The number of piperidine rings is 1. The van der Waals surface area contributed by atoms with Crippen LogP contribution in [0.1, 0.15) is 47.7 Å². The summed E-state index contributed by atoms with van der Waals surface area (Å²) in [6.45, 7) is 9.90. The van der Waals surface area contributed by atoms with Gasteiger partial charge in [0, 0.05) is 13.1 Å². The first kappa shape index (κ1) is 19.5. The maximum absolute atomic E-state index is 12.6. The molecular weight excluding hydrogens is 364 g/mol. The number of esters is 1. The van der Waals surface area contributed by atoms with Crippen molar-refractivity contribution in [3.63, 3.8) is 0 Å². The van der Waals surface area contributed by atoms with Crippen LogP contribution in [-0.4, -0.2) is 48.1 Å². The highest BCUT2D eigenvalue weighted by Gasteiger charge is 2.25. The quantitative estimate of drug-likeness (QED) is 0.791. The van der Waals surface area contributed by atoms with E-state index in [1.165, 1.54) is 11.3 Å². The highest BCUT2D eigenvalue weighted by molar-refractivity contribution is 7.20. The molecule has 1 amide bonds. The van der Waals surface area contributed by atoms with Gasteiger partial charge in [-0.05, 0) is 45.1 Å². The number of ether oxygens (including phenoxy) is 1. The average molecular weight is 391 g/mol. The molecule has 0 saturated carbocycles. The van der Waals surface area contributed by atoms with Crippen LogP contribution in [0.3, 0.4) is 0 Å². The van der Waals surface area contributed by atoms with Crippen molar-refractivity contribution in [1.29, 1.82) is 0 Å². The number of hydrogen-bond acceptors (Lipinski definition) is 7. The Morgan fingerprint density at radius 2 is 1.96 bits per heavy atom. The molecule has 1 N–H and O–H groups in total. The molecule has 0 bridgehead atoms. The van der Waals surface area contributed by atoms with E-state index in [1.54, 1.807) is 6.92 Å². The first-order valence-corrected chi connectivity index (χ1v) is 10.2. The lowest BCUT2D eigenvalue weighted by Gasteiger charge is -2.31. The molecule has 1 aliphatic heterocycles. The molecule has 2 aromatic rings. The Balaban J connectivity index is 1.90. The molecule has 1 aliphatic rings. The summed E-state index contributed by atoms with van der Waals surface area (Å²) < 4.78 is 4.86. The molecule has 8 heteroatoms. The Morgan fingerprint density at radius 3 is 2.63 bits per heavy atom. The number of anilines is 1. The van der Waals surface area contributed by atoms with Crippen molar-refractivity contribution in [3.8, 4) is 0 Å². The number of aromatic nitrogens is 2. The molecule has 7 nitrogen and oxygen atoms in total. The van der Waals surface area contributed by atoms with E-state index in [9.17, 15) is 9.59 Å². The molecule has 0 atom stereocenters. The number of nitrogens with one attached hydrogen (secondary N) is 1. The van der Waals surface area contributed by atoms with Crippen molar-refractivity contribution < 1.29 is 14.3 Å². The standard InChI is InChI=1S/C19H26N4O3S/c1-5-26-14(24)10-20-18(25)16-12(3)15-17(21-13(4)22-19(15)27-16)23-8-6-11(2)7-9-23/h11H,5-10H2,1-4H3,(H,20,25). The minimum Gasteiger partial charge on any atom is -0.465 e. The van der Waals surface area contributed by atoms with E-state index in [0.29, 0.717) is 17.3 Å². The van der Waals surface area contributed by atoms with E-state index < -0.39 is 5.97 Å². The number of amides is 1. The molecule has 1 fully saturated rings. The van der Waals surface area contributed by atoms with Crippen molar-refractivity contribution in [2.24, 2.45) is 5.92 Å². The Labute approximate surface area is 163 Å². The second-order valence-corrected chi connectivity index (χ2v) is 7.99. The number of fused-ring (bicyclic) bond motifs is 1. The van der Waals surface area contributed by atoms with Crippen molar-refractivity contribution in [3.05, 3.63) is 16.3 Å². The van der Waals surface area contributed by atoms with Gasteiger partial charge in [-0.15, -0.1) is 11.3 Å². The van der Waals surface area contributed by atoms with Crippen LogP contribution in [-0.2, 0) is 9.53 Å². The molecule has 2 aromatic heterocycles. The van der Waals surface area contributed by atoms with Gasteiger partial charge in [0.05, 0.1) is 16.9 Å². The zero-order chi connectivity index (χ0) is 19.6. The Kier molecular flexibility index (Phi) is 5.94. The maximum atomic E-state index is 12.6. The van der Waals surface area contributed by atoms with Crippen LogP contribution in [0.5, 0.6) is 0 Å². The number of thiophene rings is 1. The summed E-state index contributed by atoms with van der Waals surface area (Å²) in [5.74, 6) is 1.63. The van der Waals surface area contributed by atoms with Crippen LogP contribution >= 0.6 is 11.3 Å². The predicted octanol–water partition coefficient (Wildman–Crippen LogP) is 2.84. The van der Waals surface area contributed by atoms with Crippen molar-refractivity contribution in [1.82, 2.24) is 15.3 Å². The smallest absolute Gasteiger partial charge is 0.325 e. The van der Waals surface area contributed by atoms with Crippen molar-refractivity contribution >= 4 is 39.2 Å². The fourth-order valence-corrected chi connectivity index (χ4v) is 4.47. The van der Waals surface area contributed by atoms with E-state index in [2.05, 4.69) is 22.1 Å². The Hall–Kier alpha value is -2.22. The van der Waals surface area contributed by atoms with E-state index in [4.69, 9.17) is 9.72 Å². The van der Waals surface area contributed by atoms with Crippen LogP contribution in [0, 0.1) is 19.8 Å². The fourth-order valence-electron chi connectivity index (χ4n) is 3.33. The summed E-state index contributed by atoms with van der Waals surface area (Å²) in [6, 6.07) is 0. The zero-order valence-corrected chi connectivity index (χ0v) is 17.1. The second kappa shape index (κ2) is 8.21. The second-order valence-electron chi connectivity index (χ2n) is 6.99. The van der Waals surface area contributed by atoms with Crippen LogP contribution in [0.25, 0.3) is 10.2 Å². The minimum absolute atomic E-state index is 0.137. The number of carbonyl (C=O) groups excluding carboxylic acids is 2. The molecule has 27 heavy (non-hydrogen) atoms. The van der Waals surface area contributed by atoms with Gasteiger partial charge in [-0.2, -0.15) is 0 Å². The number of hydrogen-bond donors (Lipinski definition) is 1. The molecule has 1 saturated heterocycles. The predicted molar refractivity (Wildman–Crippen MR) is 106 cm³/mol. The van der Waals surface area contributed by atoms with E-state index in [1.807, 2.05) is 13.8 Å². The highest BCUT2D eigenvalue weighted by atomic mass is 32.1. The lowest BCUT2D eigenvalue weighted by atomic mass is 9.99. The first-order chi connectivity index (χ1) is 12.9. The average Bonchev–Trinajstić information content (AvgIpc) is 2.96. The van der Waals surface area contributed by atoms with Gasteiger partial charge in [0.1, 0.15) is 23.0 Å². The highest BCUT2D eigenvalue weighted by Crippen LogP contribution is 2.36. The number of aryl methyl sites for hydroxylation is 2. The maximum Gasteiger partial charge on any atom is 0.325 e. The molecule has 0 unspecified atom stereocenters. The molecule has 0 spiro atoms. The van der Waals surface area contributed by atoms with Gasteiger partial charge in [-0.25, -0.2) is 9.97 Å². The molecule has 0 aromatic carbocycles. The number of rotatable bonds is 5. The van der Waals surface area contributed by atoms with Crippen LogP contribution in [0.15, 0.2) is 0 Å². The van der Waals surface area contributed by atoms with Gasteiger partial charge in [-0.3, -0.25) is 9.59 Å². The summed E-state index contributed by atoms with van der Waals surface area (Å²) >= 11 is 1.35. The monoisotopic (exact) mass is 390 g/mol. The third-order valence-electron chi connectivity index (χ3n) is 4.87. The van der Waals surface area contributed by atoms with Gasteiger partial charge in [-0.1, -0.05) is 6.92 Å². The Bertz CT molecular complexity index is 856. The van der Waals surface area contributed by atoms with Crippen LogP contribution in [0.4, 0.5) is 5.82 Å². The van der Waals surface area contributed by atoms with Crippen LogP contribution < -0.4 is 10.2 Å². The number of carbonyl (C=O) groups is 2. The summed E-state index contributed by atoms with van der Waals surface area (Å²) in [5, 5.41) is 3.59. The normalized spacial score (nSPS) is 15.2. The largest absolute Gasteiger partial charge is 0.465 e. The first-order valence-electron chi connectivity index (χ1n) is 9.37. The zero-order valence-electron chi connectivity index (χ0n) is 16.3. The lowest BCUT2D eigenvalue weighted by molar-refractivity contribution is -0.141. The molecule has 146 valence electrons. The van der Waals surface area contributed by atoms with Crippen molar-refractivity contribution in [2.45, 2.75) is 40.5 Å². The summed E-state index contributed by atoms with van der Waals surface area (Å²) in [5.41, 5.74) is 0.866. The topological polar surface area (TPSA) is 84.4 Å². The molecule has 0 radical (unpaired) electrons. The SMILES string of the molecule is CCOC(=O)CNC(=O)c1sc2nc(C)nc(N3CCC(C)CC3)c2c1C. The third kappa shape index (κ3) is 4.21. The molecular formula is C19H26N4O3S. The van der Waals surface area contributed by atoms with Gasteiger partial charge in [0.2, 0.25) is 0 Å². The summed E-state index contributed by atoms with van der Waals surface area (Å²) in [6.07, 6.45) is 2.28. The van der Waals surface area contributed by atoms with Gasteiger partial charge < -0.3 is 15.0 Å². The lowest BCUT2D eigenvalue weighted by Crippen LogP contribution is -2.33. The van der Waals surface area contributed by atoms with Gasteiger partial charge >= 0.3 is 5.97 Å². The Morgan fingerprint density at radius 1 is 1.26 bits per heavy atom. The van der Waals surface area contributed by atoms with Crippen molar-refractivity contribution in [2.75, 3.05) is 31.1 Å². The molecule has 0 aliphatic carbocycles. The van der Waals surface area contributed by atoms with Gasteiger partial charge in [0.15, 0.2) is 0 Å². The summed E-state index contributed by atoms with van der Waals surface area (Å²) in [7, 11) is 0. The minimum atomic E-state index is -0.441. The molecule has 3 heterocycles. The summed E-state index contributed by atoms with van der Waals surface area (Å²) in [4.78, 5) is 37.0.